The smallest absolute Gasteiger partial charge is 0.0403 e. The summed E-state index contributed by atoms with van der Waals surface area (Å²) >= 11 is 0. The van der Waals surface area contributed by atoms with Gasteiger partial charge in [-0.15, -0.1) is 0 Å². The molecule has 43 heavy (non-hydrogen) atoms. The third-order valence-corrected chi connectivity index (χ3v) is 8.62. The molecule has 0 rings (SSSR count). The fourth-order valence-electron chi connectivity index (χ4n) is 5.74. The summed E-state index contributed by atoms with van der Waals surface area (Å²) in [5, 5.41) is 0. The maximum atomic E-state index is 5.49. The van der Waals surface area contributed by atoms with E-state index in [1.807, 2.05) is 0 Å². The normalized spacial score (nSPS) is 10.7. The highest BCUT2D eigenvalue weighted by atomic mass is 14.7. The monoisotopic (exact) mass is 613 g/mol. The van der Waals surface area contributed by atoms with Crippen molar-refractivity contribution in [2.75, 3.05) is 19.8 Å². The molecule has 0 fully saturated rings. The first-order chi connectivity index (χ1) is 21.2. The average Bonchev–Trinajstić information content (AvgIpc) is 3.01. The molecule has 0 aliphatic rings. The molecule has 0 aromatic rings. The van der Waals surface area contributed by atoms with Crippen LogP contribution in [0, 0.1) is 0 Å². The Morgan fingerprint density at radius 3 is 0.442 bits per heavy atom. The minimum atomic E-state index is 0.250. The summed E-state index contributed by atoms with van der Waals surface area (Å²) < 4.78 is 0. The van der Waals surface area contributed by atoms with Crippen molar-refractivity contribution in [3.05, 3.63) is 0 Å². The van der Waals surface area contributed by atoms with Gasteiger partial charge in [-0.05, 0) is 25.9 Å². The first kappa shape index (κ1) is 47.2. The lowest BCUT2D eigenvalue weighted by atomic mass is 10.0. The van der Waals surface area contributed by atoms with Gasteiger partial charge in [0.15, 0.2) is 0 Å². The van der Waals surface area contributed by atoms with E-state index in [1.54, 1.807) is 0 Å². The summed E-state index contributed by atoms with van der Waals surface area (Å²) in [6, 6.07) is 0. The Balaban J connectivity index is -0.000000684. The first-order valence-corrected chi connectivity index (χ1v) is 20.0. The van der Waals surface area contributed by atoms with E-state index in [-0.39, 0.29) is 6.67 Å². The largest absolute Gasteiger partial charge is 0.330 e. The third-order valence-electron chi connectivity index (χ3n) is 8.62. The predicted molar refractivity (Wildman–Crippen MR) is 200 cm³/mol. The van der Waals surface area contributed by atoms with E-state index in [9.17, 15) is 0 Å². The summed E-state index contributed by atoms with van der Waals surface area (Å²) in [4.78, 5) is 0. The topological polar surface area (TPSA) is 104 Å². The SMILES string of the molecule is CCCCCCCCCCCCCCCCCCC.NCCCCCCCCCCCCCCCCCCCN.NCN. The highest BCUT2D eigenvalue weighted by Gasteiger charge is 1.96. The van der Waals surface area contributed by atoms with E-state index in [4.69, 9.17) is 11.5 Å². The lowest BCUT2D eigenvalue weighted by Gasteiger charge is -2.03. The summed E-state index contributed by atoms with van der Waals surface area (Å²) in [5.74, 6) is 0. The standard InChI is InChI=1S/C19H42N2.C19H40.CH6N2/c20-18-16-14-12-10-8-6-4-2-1-3-5-7-9-11-13-15-17-19-21;1-3-5-7-9-11-13-15-17-19-18-16-14-12-10-8-6-4-2;2-1-3/h1-21H2;3-19H2,1-2H3;1-3H2. The second-order valence-corrected chi connectivity index (χ2v) is 13.1. The van der Waals surface area contributed by atoms with Gasteiger partial charge in [-0.3, -0.25) is 0 Å². The lowest BCUT2D eigenvalue weighted by Crippen LogP contribution is -2.08. The van der Waals surface area contributed by atoms with Gasteiger partial charge in [0.25, 0.3) is 0 Å². The molecule has 0 aliphatic heterocycles. The van der Waals surface area contributed by atoms with E-state index in [2.05, 4.69) is 25.3 Å². The highest BCUT2D eigenvalue weighted by Crippen LogP contribution is 2.15. The molecule has 0 amide bonds. The fraction of sp³-hybridized carbons (Fsp3) is 1.00. The van der Waals surface area contributed by atoms with Gasteiger partial charge in [0.2, 0.25) is 0 Å². The zero-order valence-corrected chi connectivity index (χ0v) is 30.5. The molecule has 0 aromatic carbocycles. The molecule has 264 valence electrons. The maximum absolute atomic E-state index is 5.49. The molecule has 0 aliphatic carbocycles. The molecule has 0 spiro atoms. The van der Waals surface area contributed by atoms with Crippen LogP contribution in [0.4, 0.5) is 0 Å². The van der Waals surface area contributed by atoms with Gasteiger partial charge in [0.1, 0.15) is 0 Å². The Bertz CT molecular complexity index is 371. The Morgan fingerprint density at radius 1 is 0.209 bits per heavy atom. The van der Waals surface area contributed by atoms with Crippen LogP contribution in [-0.2, 0) is 0 Å². The summed E-state index contributed by atoms with van der Waals surface area (Å²) in [5.41, 5.74) is 20.2. The van der Waals surface area contributed by atoms with Crippen molar-refractivity contribution in [1.82, 2.24) is 0 Å². The zero-order chi connectivity index (χ0) is 32.2. The van der Waals surface area contributed by atoms with E-state index in [1.165, 1.54) is 218 Å². The van der Waals surface area contributed by atoms with Crippen LogP contribution in [-0.4, -0.2) is 19.8 Å². The van der Waals surface area contributed by atoms with Gasteiger partial charge in [0.05, 0.1) is 0 Å². The van der Waals surface area contributed by atoms with Crippen molar-refractivity contribution in [3.63, 3.8) is 0 Å². The fourth-order valence-corrected chi connectivity index (χ4v) is 5.74. The Hall–Kier alpha value is -0.160. The summed E-state index contributed by atoms with van der Waals surface area (Å²) in [7, 11) is 0. The van der Waals surface area contributed by atoms with E-state index >= 15 is 0 Å². The van der Waals surface area contributed by atoms with Crippen molar-refractivity contribution < 1.29 is 0 Å². The molecule has 4 nitrogen and oxygen atoms in total. The lowest BCUT2D eigenvalue weighted by molar-refractivity contribution is 0.526. The quantitative estimate of drug-likeness (QED) is 0.0428. The van der Waals surface area contributed by atoms with Gasteiger partial charge < -0.3 is 22.9 Å². The van der Waals surface area contributed by atoms with Crippen molar-refractivity contribution in [3.8, 4) is 0 Å². The van der Waals surface area contributed by atoms with E-state index in [0.29, 0.717) is 0 Å². The molecule has 0 radical (unpaired) electrons. The molecule has 0 saturated carbocycles. The minimum absolute atomic E-state index is 0.250. The van der Waals surface area contributed by atoms with Crippen LogP contribution in [0.25, 0.3) is 0 Å². The maximum Gasteiger partial charge on any atom is 0.0403 e. The Kier molecular flexibility index (Phi) is 56.5. The zero-order valence-electron chi connectivity index (χ0n) is 30.5. The minimum Gasteiger partial charge on any atom is -0.330 e. The van der Waals surface area contributed by atoms with E-state index in [0.717, 1.165) is 13.1 Å². The van der Waals surface area contributed by atoms with Crippen LogP contribution in [0.15, 0.2) is 0 Å². The van der Waals surface area contributed by atoms with Crippen LogP contribution in [0.3, 0.4) is 0 Å². The van der Waals surface area contributed by atoms with Crippen LogP contribution < -0.4 is 22.9 Å². The number of rotatable bonds is 34. The molecule has 0 saturated heterocycles. The molecular weight excluding hydrogens is 524 g/mol. The van der Waals surface area contributed by atoms with Crippen LogP contribution in [0.1, 0.15) is 232 Å². The molecule has 0 aromatic heterocycles. The molecule has 0 atom stereocenters. The molecule has 4 heteroatoms. The van der Waals surface area contributed by atoms with Crippen molar-refractivity contribution in [2.24, 2.45) is 22.9 Å². The second kappa shape index (κ2) is 51.4. The third kappa shape index (κ3) is 58.0. The van der Waals surface area contributed by atoms with Crippen molar-refractivity contribution in [1.29, 1.82) is 0 Å². The van der Waals surface area contributed by atoms with Crippen LogP contribution in [0.2, 0.25) is 0 Å². The molecule has 0 heterocycles. The number of nitrogens with two attached hydrogens (primary N) is 4. The van der Waals surface area contributed by atoms with Crippen LogP contribution >= 0.6 is 0 Å². The van der Waals surface area contributed by atoms with Crippen LogP contribution in [0.5, 0.6) is 0 Å². The van der Waals surface area contributed by atoms with E-state index < -0.39 is 0 Å². The number of hydrogen-bond donors (Lipinski definition) is 4. The molecule has 0 unspecified atom stereocenters. The molecule has 8 N–H and O–H groups in total. The summed E-state index contributed by atoms with van der Waals surface area (Å²) in [6.07, 6.45) is 48.7. The van der Waals surface area contributed by atoms with Gasteiger partial charge in [-0.25, -0.2) is 0 Å². The predicted octanol–water partition coefficient (Wildman–Crippen LogP) is 12.1. The average molecular weight is 613 g/mol. The Morgan fingerprint density at radius 2 is 0.326 bits per heavy atom. The van der Waals surface area contributed by atoms with Crippen molar-refractivity contribution >= 4 is 0 Å². The van der Waals surface area contributed by atoms with Crippen molar-refractivity contribution in [2.45, 2.75) is 232 Å². The van der Waals surface area contributed by atoms with Gasteiger partial charge >= 0.3 is 0 Å². The van der Waals surface area contributed by atoms with Gasteiger partial charge in [-0.2, -0.15) is 0 Å². The number of unbranched alkanes of at least 4 members (excludes halogenated alkanes) is 32. The highest BCUT2D eigenvalue weighted by molar-refractivity contribution is 4.52. The molecular formula is C39H88N4. The van der Waals surface area contributed by atoms with Gasteiger partial charge in [0, 0.05) is 6.67 Å². The van der Waals surface area contributed by atoms with Gasteiger partial charge in [-0.1, -0.05) is 219 Å². The first-order valence-electron chi connectivity index (χ1n) is 20.0. The second-order valence-electron chi connectivity index (χ2n) is 13.1. The summed E-state index contributed by atoms with van der Waals surface area (Å²) in [6.45, 7) is 6.58. The number of hydrogen-bond acceptors (Lipinski definition) is 4. The Labute approximate surface area is 274 Å². The molecule has 0 bridgehead atoms.